The Kier molecular flexibility index (Phi) is 4.21. The maximum absolute atomic E-state index is 5.53. The second kappa shape index (κ2) is 6.27. The topological polar surface area (TPSA) is 36.9 Å². The molecule has 0 amide bonds. The van der Waals surface area contributed by atoms with Crippen molar-refractivity contribution in [2.75, 3.05) is 32.8 Å². The molecule has 1 saturated heterocycles. The summed E-state index contributed by atoms with van der Waals surface area (Å²) >= 11 is 0. The lowest BCUT2D eigenvalue weighted by molar-refractivity contribution is 0.300. The number of ether oxygens (including phenoxy) is 1. The Labute approximate surface area is 120 Å². The molecule has 2 aliphatic rings. The standard InChI is InChI=1S/C16H23N3O/c1-2-20-14-7-5-13(6-8-14)15(16-17-9-10-18-16)19-11-3-4-12-19/h5-8,15H,2-4,9-12H2,1H3,(H,17,18). The van der Waals surface area contributed by atoms with Crippen molar-refractivity contribution < 1.29 is 4.74 Å². The summed E-state index contributed by atoms with van der Waals surface area (Å²) in [5.74, 6) is 2.08. The van der Waals surface area contributed by atoms with Crippen LogP contribution in [-0.2, 0) is 0 Å². The Balaban J connectivity index is 1.84. The van der Waals surface area contributed by atoms with Gasteiger partial charge in [-0.05, 0) is 50.6 Å². The first-order valence-corrected chi connectivity index (χ1v) is 7.63. The van der Waals surface area contributed by atoms with Crippen LogP contribution < -0.4 is 10.1 Å². The molecular weight excluding hydrogens is 250 g/mol. The van der Waals surface area contributed by atoms with E-state index in [0.29, 0.717) is 6.61 Å². The van der Waals surface area contributed by atoms with Crippen LogP contribution in [0.4, 0.5) is 0 Å². The number of nitrogens with zero attached hydrogens (tertiary/aromatic N) is 2. The zero-order chi connectivity index (χ0) is 13.8. The Morgan fingerprint density at radius 1 is 1.25 bits per heavy atom. The lowest BCUT2D eigenvalue weighted by atomic mass is 10.0. The first-order valence-electron chi connectivity index (χ1n) is 7.63. The van der Waals surface area contributed by atoms with Gasteiger partial charge in [0.25, 0.3) is 0 Å². The van der Waals surface area contributed by atoms with Crippen molar-refractivity contribution in [3.8, 4) is 5.75 Å². The second-order valence-electron chi connectivity index (χ2n) is 5.34. The average Bonchev–Trinajstić information content (AvgIpc) is 3.15. The van der Waals surface area contributed by atoms with Crippen molar-refractivity contribution in [1.82, 2.24) is 10.2 Å². The molecule has 3 rings (SSSR count). The monoisotopic (exact) mass is 273 g/mol. The van der Waals surface area contributed by atoms with Gasteiger partial charge in [-0.2, -0.15) is 0 Å². The zero-order valence-electron chi connectivity index (χ0n) is 12.1. The number of aliphatic imine (C=N–C) groups is 1. The van der Waals surface area contributed by atoms with E-state index in [9.17, 15) is 0 Å². The molecule has 0 bridgehead atoms. The van der Waals surface area contributed by atoms with Crippen LogP contribution >= 0.6 is 0 Å². The molecule has 2 heterocycles. The predicted molar refractivity (Wildman–Crippen MR) is 81.5 cm³/mol. The molecule has 1 fully saturated rings. The van der Waals surface area contributed by atoms with Gasteiger partial charge in [-0.1, -0.05) is 12.1 Å². The van der Waals surface area contributed by atoms with E-state index in [2.05, 4.69) is 39.5 Å². The third kappa shape index (κ3) is 2.80. The number of rotatable bonds is 5. The fourth-order valence-electron chi connectivity index (χ4n) is 3.05. The summed E-state index contributed by atoms with van der Waals surface area (Å²) < 4.78 is 5.53. The lowest BCUT2D eigenvalue weighted by Gasteiger charge is -2.28. The molecule has 0 aliphatic carbocycles. The van der Waals surface area contributed by atoms with Crippen LogP contribution in [-0.4, -0.2) is 43.5 Å². The molecule has 1 aromatic rings. The number of benzene rings is 1. The van der Waals surface area contributed by atoms with E-state index in [1.54, 1.807) is 0 Å². The lowest BCUT2D eigenvalue weighted by Crippen LogP contribution is -2.37. The van der Waals surface area contributed by atoms with Gasteiger partial charge in [0.2, 0.25) is 0 Å². The second-order valence-corrected chi connectivity index (χ2v) is 5.34. The van der Waals surface area contributed by atoms with Gasteiger partial charge in [0, 0.05) is 6.54 Å². The van der Waals surface area contributed by atoms with E-state index >= 15 is 0 Å². The third-order valence-corrected chi connectivity index (χ3v) is 3.97. The van der Waals surface area contributed by atoms with Crippen LogP contribution in [0, 0.1) is 0 Å². The first kappa shape index (κ1) is 13.4. The van der Waals surface area contributed by atoms with Gasteiger partial charge in [0.1, 0.15) is 11.6 Å². The highest BCUT2D eigenvalue weighted by molar-refractivity contribution is 5.89. The number of likely N-dealkylation sites (tertiary alicyclic amines) is 1. The third-order valence-electron chi connectivity index (χ3n) is 3.97. The van der Waals surface area contributed by atoms with E-state index in [-0.39, 0.29) is 6.04 Å². The van der Waals surface area contributed by atoms with Gasteiger partial charge >= 0.3 is 0 Å². The minimum absolute atomic E-state index is 0.288. The molecule has 2 aliphatic heterocycles. The van der Waals surface area contributed by atoms with E-state index in [4.69, 9.17) is 4.74 Å². The molecular formula is C16H23N3O. The molecule has 20 heavy (non-hydrogen) atoms. The van der Waals surface area contributed by atoms with E-state index in [0.717, 1.165) is 24.7 Å². The van der Waals surface area contributed by atoms with Crippen molar-refractivity contribution in [2.24, 2.45) is 4.99 Å². The molecule has 0 aromatic heterocycles. The van der Waals surface area contributed by atoms with Crippen molar-refractivity contribution in [3.63, 3.8) is 0 Å². The normalized spacial score (nSPS) is 20.6. The fourth-order valence-corrected chi connectivity index (χ4v) is 3.05. The van der Waals surface area contributed by atoms with E-state index < -0.39 is 0 Å². The molecule has 1 atom stereocenters. The summed E-state index contributed by atoms with van der Waals surface area (Å²) in [5.41, 5.74) is 1.31. The van der Waals surface area contributed by atoms with E-state index in [1.807, 2.05) is 6.92 Å². The van der Waals surface area contributed by atoms with Crippen molar-refractivity contribution in [1.29, 1.82) is 0 Å². The molecule has 1 aromatic carbocycles. The molecule has 1 unspecified atom stereocenters. The number of nitrogens with one attached hydrogen (secondary N) is 1. The smallest absolute Gasteiger partial charge is 0.119 e. The largest absolute Gasteiger partial charge is 0.494 e. The molecule has 0 radical (unpaired) electrons. The maximum Gasteiger partial charge on any atom is 0.119 e. The summed E-state index contributed by atoms with van der Waals surface area (Å²) in [6, 6.07) is 8.78. The van der Waals surface area contributed by atoms with Crippen molar-refractivity contribution in [3.05, 3.63) is 29.8 Å². The Morgan fingerprint density at radius 3 is 2.60 bits per heavy atom. The highest BCUT2D eigenvalue weighted by atomic mass is 16.5. The quantitative estimate of drug-likeness (QED) is 0.894. The van der Waals surface area contributed by atoms with Crippen LogP contribution in [0.1, 0.15) is 31.4 Å². The zero-order valence-corrected chi connectivity index (χ0v) is 12.1. The summed E-state index contributed by atoms with van der Waals surface area (Å²) in [7, 11) is 0. The van der Waals surface area contributed by atoms with Crippen molar-refractivity contribution >= 4 is 5.84 Å². The number of amidine groups is 1. The van der Waals surface area contributed by atoms with Crippen LogP contribution in [0.15, 0.2) is 29.3 Å². The van der Waals surface area contributed by atoms with Gasteiger partial charge in [-0.15, -0.1) is 0 Å². The summed E-state index contributed by atoms with van der Waals surface area (Å²) in [5, 5.41) is 3.45. The predicted octanol–water partition coefficient (Wildman–Crippen LogP) is 2.22. The van der Waals surface area contributed by atoms with Gasteiger partial charge in [-0.25, -0.2) is 0 Å². The number of hydrogen-bond acceptors (Lipinski definition) is 4. The fraction of sp³-hybridized carbons (Fsp3) is 0.562. The molecule has 0 spiro atoms. The van der Waals surface area contributed by atoms with Gasteiger partial charge in [0.15, 0.2) is 0 Å². The Hall–Kier alpha value is -1.55. The molecule has 108 valence electrons. The summed E-state index contributed by atoms with van der Waals surface area (Å²) in [4.78, 5) is 7.18. The first-order chi connectivity index (χ1) is 9.88. The van der Waals surface area contributed by atoms with Crippen LogP contribution in [0.25, 0.3) is 0 Å². The Bertz CT molecular complexity index is 463. The minimum atomic E-state index is 0.288. The highest BCUT2D eigenvalue weighted by Crippen LogP contribution is 2.28. The van der Waals surface area contributed by atoms with Crippen LogP contribution in [0.3, 0.4) is 0 Å². The average molecular weight is 273 g/mol. The maximum atomic E-state index is 5.53. The highest BCUT2D eigenvalue weighted by Gasteiger charge is 2.29. The van der Waals surface area contributed by atoms with E-state index in [1.165, 1.54) is 31.5 Å². The molecule has 0 saturated carbocycles. The minimum Gasteiger partial charge on any atom is -0.494 e. The van der Waals surface area contributed by atoms with Gasteiger partial charge in [-0.3, -0.25) is 9.89 Å². The van der Waals surface area contributed by atoms with Gasteiger partial charge < -0.3 is 10.1 Å². The van der Waals surface area contributed by atoms with Gasteiger partial charge in [0.05, 0.1) is 19.2 Å². The molecule has 1 N–H and O–H groups in total. The molecule has 4 nitrogen and oxygen atoms in total. The van der Waals surface area contributed by atoms with Crippen LogP contribution in [0.2, 0.25) is 0 Å². The molecule has 4 heteroatoms. The van der Waals surface area contributed by atoms with Crippen molar-refractivity contribution in [2.45, 2.75) is 25.8 Å². The summed E-state index contributed by atoms with van der Waals surface area (Å²) in [6.07, 6.45) is 2.58. The number of hydrogen-bond donors (Lipinski definition) is 1. The van der Waals surface area contributed by atoms with Crippen LogP contribution in [0.5, 0.6) is 5.75 Å². The SMILES string of the molecule is CCOc1ccc(C(C2=NCCN2)N2CCCC2)cc1. The Morgan fingerprint density at radius 2 is 2.00 bits per heavy atom. The summed E-state index contributed by atoms with van der Waals surface area (Å²) in [6.45, 7) is 6.92.